The molecule has 4 atom stereocenters. The van der Waals surface area contributed by atoms with Crippen molar-refractivity contribution in [2.45, 2.75) is 22.5 Å². The summed E-state index contributed by atoms with van der Waals surface area (Å²) in [5.74, 6) is 0. The lowest BCUT2D eigenvalue weighted by atomic mass is 10.1. The summed E-state index contributed by atoms with van der Waals surface area (Å²) >= 11 is 10.5. The number of alkyl halides is 2. The topological polar surface area (TPSA) is 90.2 Å². The SMILES string of the molecule is OC[C@H]1OC(O)(Cl)C(O)(Cl)[C@H]1O. The lowest BCUT2D eigenvalue weighted by Crippen LogP contribution is -2.48. The molecule has 0 bridgehead atoms. The van der Waals surface area contributed by atoms with Crippen molar-refractivity contribution in [1.82, 2.24) is 0 Å². The molecule has 1 aliphatic heterocycles. The Morgan fingerprint density at radius 1 is 1.33 bits per heavy atom. The first-order valence-electron chi connectivity index (χ1n) is 3.12. The Labute approximate surface area is 78.1 Å². The van der Waals surface area contributed by atoms with E-state index in [0.717, 1.165) is 0 Å². The average molecular weight is 219 g/mol. The van der Waals surface area contributed by atoms with E-state index in [1.807, 2.05) is 0 Å². The summed E-state index contributed by atoms with van der Waals surface area (Å²) in [5.41, 5.74) is 0. The molecule has 4 N–H and O–H groups in total. The molecular formula is C5H8Cl2O5. The molecule has 1 rings (SSSR count). The van der Waals surface area contributed by atoms with Gasteiger partial charge in [-0.05, 0) is 0 Å². The number of ether oxygens (including phenoxy) is 1. The Kier molecular flexibility index (Phi) is 2.57. The zero-order valence-electron chi connectivity index (χ0n) is 5.81. The third-order valence-electron chi connectivity index (χ3n) is 1.66. The second-order valence-electron chi connectivity index (χ2n) is 2.52. The highest BCUT2D eigenvalue weighted by molar-refractivity contribution is 6.33. The maximum absolute atomic E-state index is 9.19. The summed E-state index contributed by atoms with van der Waals surface area (Å²) < 4.78 is 4.46. The van der Waals surface area contributed by atoms with Crippen LogP contribution in [0, 0.1) is 0 Å². The first-order valence-corrected chi connectivity index (χ1v) is 3.88. The van der Waals surface area contributed by atoms with E-state index in [-0.39, 0.29) is 0 Å². The Morgan fingerprint density at radius 2 is 1.83 bits per heavy atom. The molecule has 1 aliphatic rings. The molecule has 0 amide bonds. The molecule has 0 saturated carbocycles. The van der Waals surface area contributed by atoms with E-state index in [1.165, 1.54) is 0 Å². The molecule has 1 fully saturated rings. The molecule has 1 saturated heterocycles. The molecule has 0 aromatic rings. The van der Waals surface area contributed by atoms with Gasteiger partial charge in [0.1, 0.15) is 12.2 Å². The number of aliphatic hydroxyl groups excluding tert-OH is 2. The van der Waals surface area contributed by atoms with Crippen LogP contribution in [0.4, 0.5) is 0 Å². The van der Waals surface area contributed by atoms with Crippen LogP contribution in [0.3, 0.4) is 0 Å². The molecule has 7 heteroatoms. The molecule has 0 aromatic carbocycles. The Morgan fingerprint density at radius 3 is 2.00 bits per heavy atom. The van der Waals surface area contributed by atoms with E-state index in [4.69, 9.17) is 38.5 Å². The first-order chi connectivity index (χ1) is 5.33. The van der Waals surface area contributed by atoms with Crippen LogP contribution >= 0.6 is 23.2 Å². The van der Waals surface area contributed by atoms with Gasteiger partial charge < -0.3 is 25.2 Å². The lowest BCUT2D eigenvalue weighted by Gasteiger charge is -2.25. The largest absolute Gasteiger partial charge is 0.394 e. The molecule has 2 unspecified atom stereocenters. The summed E-state index contributed by atoms with van der Waals surface area (Å²) in [6.45, 7) is -0.606. The van der Waals surface area contributed by atoms with Crippen molar-refractivity contribution >= 4 is 23.2 Å². The normalized spacial score (nSPS) is 54.5. The molecule has 0 spiro atoms. The summed E-state index contributed by atoms with van der Waals surface area (Å²) in [4.78, 5) is 0. The summed E-state index contributed by atoms with van der Waals surface area (Å²) in [6, 6.07) is 0. The number of rotatable bonds is 1. The third-order valence-corrected chi connectivity index (χ3v) is 2.62. The van der Waals surface area contributed by atoms with Crippen LogP contribution in [-0.2, 0) is 4.74 Å². The summed E-state index contributed by atoms with van der Waals surface area (Å²) in [6.07, 6.45) is -2.85. The van der Waals surface area contributed by atoms with Gasteiger partial charge in [-0.1, -0.05) is 23.2 Å². The first kappa shape index (κ1) is 10.5. The highest BCUT2D eigenvalue weighted by atomic mass is 35.5. The van der Waals surface area contributed by atoms with Crippen LogP contribution in [0.1, 0.15) is 0 Å². The van der Waals surface area contributed by atoms with Crippen molar-refractivity contribution in [3.05, 3.63) is 0 Å². The van der Waals surface area contributed by atoms with Gasteiger partial charge in [-0.2, -0.15) is 0 Å². The van der Waals surface area contributed by atoms with Gasteiger partial charge in [0.2, 0.25) is 5.06 Å². The second kappa shape index (κ2) is 2.95. The van der Waals surface area contributed by atoms with Crippen LogP contribution in [0.2, 0.25) is 0 Å². The molecule has 1 heterocycles. The summed E-state index contributed by atoms with van der Waals surface area (Å²) in [7, 11) is 0. The minimum absolute atomic E-state index is 0.606. The standard InChI is InChI=1S/C5H8Cl2O5/c6-4(10)3(9)2(1-8)12-5(4,7)11/h2-3,8-11H,1H2/t2-,3+,4?,5?/m1/s1. The van der Waals surface area contributed by atoms with Gasteiger partial charge >= 0.3 is 0 Å². The zero-order valence-corrected chi connectivity index (χ0v) is 7.33. The fraction of sp³-hybridized carbons (Fsp3) is 1.00. The molecular weight excluding hydrogens is 211 g/mol. The van der Waals surface area contributed by atoms with E-state index in [1.54, 1.807) is 0 Å². The molecule has 12 heavy (non-hydrogen) atoms. The van der Waals surface area contributed by atoms with Crippen molar-refractivity contribution in [3.8, 4) is 0 Å². The number of hydrogen-bond acceptors (Lipinski definition) is 5. The van der Waals surface area contributed by atoms with Crippen molar-refractivity contribution in [1.29, 1.82) is 0 Å². The predicted molar refractivity (Wildman–Crippen MR) is 39.6 cm³/mol. The Bertz CT molecular complexity index is 183. The maximum atomic E-state index is 9.19. The van der Waals surface area contributed by atoms with Gasteiger partial charge in [0.15, 0.2) is 0 Å². The van der Waals surface area contributed by atoms with Crippen molar-refractivity contribution in [3.63, 3.8) is 0 Å². The highest BCUT2D eigenvalue weighted by Crippen LogP contribution is 2.43. The zero-order chi connectivity index (χ0) is 9.57. The van der Waals surface area contributed by atoms with Crippen LogP contribution in [0.5, 0.6) is 0 Å². The van der Waals surface area contributed by atoms with Gasteiger partial charge in [0.25, 0.3) is 5.25 Å². The third kappa shape index (κ3) is 1.31. The van der Waals surface area contributed by atoms with Crippen LogP contribution in [0.25, 0.3) is 0 Å². The molecule has 0 radical (unpaired) electrons. The molecule has 5 nitrogen and oxygen atoms in total. The average Bonchev–Trinajstić information content (AvgIpc) is 2.11. The van der Waals surface area contributed by atoms with E-state index >= 15 is 0 Å². The quantitative estimate of drug-likeness (QED) is 0.405. The summed E-state index contributed by atoms with van der Waals surface area (Å²) in [5, 5.41) is 30.9. The molecule has 0 aromatic heterocycles. The van der Waals surface area contributed by atoms with E-state index in [9.17, 15) is 5.11 Å². The fourth-order valence-corrected chi connectivity index (χ4v) is 1.32. The minimum Gasteiger partial charge on any atom is -0.394 e. The number of hydrogen-bond donors (Lipinski definition) is 4. The van der Waals surface area contributed by atoms with Gasteiger partial charge in [0, 0.05) is 0 Å². The predicted octanol–water partition coefficient (Wildman–Crippen LogP) is -1.45. The second-order valence-corrected chi connectivity index (χ2v) is 3.61. The number of aliphatic hydroxyl groups is 4. The van der Waals surface area contributed by atoms with Crippen molar-refractivity contribution < 1.29 is 25.2 Å². The van der Waals surface area contributed by atoms with Crippen LogP contribution < -0.4 is 0 Å². The van der Waals surface area contributed by atoms with E-state index in [0.29, 0.717) is 0 Å². The van der Waals surface area contributed by atoms with Gasteiger partial charge in [-0.25, -0.2) is 0 Å². The monoisotopic (exact) mass is 218 g/mol. The molecule has 72 valence electrons. The maximum Gasteiger partial charge on any atom is 0.294 e. The lowest BCUT2D eigenvalue weighted by molar-refractivity contribution is -0.182. The van der Waals surface area contributed by atoms with Crippen molar-refractivity contribution in [2.75, 3.05) is 6.61 Å². The fourth-order valence-electron chi connectivity index (χ4n) is 0.914. The Balaban J connectivity index is 2.88. The van der Waals surface area contributed by atoms with E-state index in [2.05, 4.69) is 4.74 Å². The van der Waals surface area contributed by atoms with Crippen molar-refractivity contribution in [2.24, 2.45) is 0 Å². The van der Waals surface area contributed by atoms with E-state index < -0.39 is 29.1 Å². The highest BCUT2D eigenvalue weighted by Gasteiger charge is 2.63. The van der Waals surface area contributed by atoms with Gasteiger partial charge in [-0.3, -0.25) is 0 Å². The Hall–Kier alpha value is 0.380. The number of halogens is 2. The minimum atomic E-state index is -2.58. The van der Waals surface area contributed by atoms with Crippen LogP contribution in [0.15, 0.2) is 0 Å². The van der Waals surface area contributed by atoms with Gasteiger partial charge in [0.05, 0.1) is 6.61 Å². The smallest absolute Gasteiger partial charge is 0.294 e. The van der Waals surface area contributed by atoms with Crippen LogP contribution in [-0.4, -0.2) is 49.5 Å². The molecule has 0 aliphatic carbocycles. The van der Waals surface area contributed by atoms with Gasteiger partial charge in [-0.15, -0.1) is 0 Å².